The lowest BCUT2D eigenvalue weighted by Crippen LogP contribution is -2.24. The zero-order valence-electron chi connectivity index (χ0n) is 15.5. The second-order valence-corrected chi connectivity index (χ2v) is 6.43. The van der Waals surface area contributed by atoms with Crippen LogP contribution < -0.4 is 0 Å². The van der Waals surface area contributed by atoms with Gasteiger partial charge in [0.25, 0.3) is 0 Å². The van der Waals surface area contributed by atoms with Crippen molar-refractivity contribution in [3.8, 4) is 0 Å². The quantitative estimate of drug-likeness (QED) is 0.231. The van der Waals surface area contributed by atoms with Crippen LogP contribution in [0.5, 0.6) is 0 Å². The molecule has 0 bridgehead atoms. The maximum atomic E-state index is 11.3. The SMILES string of the molecule is CCCCCCCC/C=C/CCCCCCC(O)C(=O)OCCO. The minimum absolute atomic E-state index is 0.0407. The molecule has 0 rings (SSSR count). The Labute approximate surface area is 148 Å². The van der Waals surface area contributed by atoms with Crippen LogP contribution in [-0.2, 0) is 9.53 Å². The van der Waals surface area contributed by atoms with Gasteiger partial charge in [-0.05, 0) is 32.1 Å². The van der Waals surface area contributed by atoms with Gasteiger partial charge in [-0.3, -0.25) is 0 Å². The van der Waals surface area contributed by atoms with Gasteiger partial charge >= 0.3 is 5.97 Å². The van der Waals surface area contributed by atoms with E-state index in [0.29, 0.717) is 6.42 Å². The van der Waals surface area contributed by atoms with Crippen molar-refractivity contribution in [1.29, 1.82) is 0 Å². The van der Waals surface area contributed by atoms with Crippen LogP contribution in [0.25, 0.3) is 0 Å². The average Bonchev–Trinajstić information content (AvgIpc) is 2.59. The summed E-state index contributed by atoms with van der Waals surface area (Å²) in [5, 5.41) is 18.1. The smallest absolute Gasteiger partial charge is 0.335 e. The first-order chi connectivity index (χ1) is 11.7. The summed E-state index contributed by atoms with van der Waals surface area (Å²) < 4.78 is 4.67. The van der Waals surface area contributed by atoms with E-state index in [1.54, 1.807) is 0 Å². The zero-order valence-corrected chi connectivity index (χ0v) is 15.5. The van der Waals surface area contributed by atoms with E-state index < -0.39 is 12.1 Å². The van der Waals surface area contributed by atoms with Crippen molar-refractivity contribution in [2.45, 2.75) is 96.5 Å². The molecule has 0 saturated heterocycles. The lowest BCUT2D eigenvalue weighted by molar-refractivity contribution is -0.154. The van der Waals surface area contributed by atoms with Gasteiger partial charge in [0.1, 0.15) is 6.61 Å². The summed E-state index contributed by atoms with van der Waals surface area (Å²) in [6, 6.07) is 0. The highest BCUT2D eigenvalue weighted by atomic mass is 16.6. The van der Waals surface area contributed by atoms with Crippen molar-refractivity contribution in [3.63, 3.8) is 0 Å². The molecule has 0 aliphatic heterocycles. The van der Waals surface area contributed by atoms with Crippen LogP contribution in [0.1, 0.15) is 90.4 Å². The Morgan fingerprint density at radius 1 is 0.917 bits per heavy atom. The minimum atomic E-state index is -1.05. The number of ether oxygens (including phenoxy) is 1. The highest BCUT2D eigenvalue weighted by Crippen LogP contribution is 2.10. The van der Waals surface area contributed by atoms with Crippen molar-refractivity contribution in [3.05, 3.63) is 12.2 Å². The van der Waals surface area contributed by atoms with E-state index in [4.69, 9.17) is 5.11 Å². The number of rotatable bonds is 17. The summed E-state index contributed by atoms with van der Waals surface area (Å²) in [4.78, 5) is 11.3. The lowest BCUT2D eigenvalue weighted by atomic mass is 10.1. The predicted molar refractivity (Wildman–Crippen MR) is 98.9 cm³/mol. The van der Waals surface area contributed by atoms with E-state index in [-0.39, 0.29) is 13.2 Å². The molecule has 0 heterocycles. The lowest BCUT2D eigenvalue weighted by Gasteiger charge is -2.09. The van der Waals surface area contributed by atoms with Gasteiger partial charge in [-0.1, -0.05) is 70.4 Å². The molecular weight excluding hydrogens is 304 g/mol. The number of hydrogen-bond acceptors (Lipinski definition) is 4. The maximum Gasteiger partial charge on any atom is 0.335 e. The molecule has 4 nitrogen and oxygen atoms in total. The highest BCUT2D eigenvalue weighted by Gasteiger charge is 2.15. The van der Waals surface area contributed by atoms with Crippen molar-refractivity contribution in [1.82, 2.24) is 0 Å². The highest BCUT2D eigenvalue weighted by molar-refractivity contribution is 5.74. The van der Waals surface area contributed by atoms with Gasteiger partial charge in [-0.25, -0.2) is 4.79 Å². The number of carbonyl (C=O) groups excluding carboxylic acids is 1. The second-order valence-electron chi connectivity index (χ2n) is 6.43. The first-order valence-corrected chi connectivity index (χ1v) is 9.83. The van der Waals surface area contributed by atoms with Crippen LogP contribution in [0, 0.1) is 0 Å². The summed E-state index contributed by atoms with van der Waals surface area (Å²) in [5.74, 6) is -0.623. The van der Waals surface area contributed by atoms with Gasteiger partial charge < -0.3 is 14.9 Å². The number of unbranched alkanes of at least 4 members (excludes halogenated alkanes) is 10. The molecular formula is C20H38O4. The Kier molecular flexibility index (Phi) is 17.8. The number of carbonyl (C=O) groups is 1. The Balaban J connectivity index is 3.29. The third-order valence-corrected chi connectivity index (χ3v) is 4.10. The van der Waals surface area contributed by atoms with Crippen LogP contribution >= 0.6 is 0 Å². The molecule has 0 fully saturated rings. The molecule has 1 atom stereocenters. The van der Waals surface area contributed by atoms with E-state index >= 15 is 0 Å². The Hall–Kier alpha value is -0.870. The number of hydrogen-bond donors (Lipinski definition) is 2. The third kappa shape index (κ3) is 16.0. The van der Waals surface area contributed by atoms with Crippen LogP contribution in [0.15, 0.2) is 12.2 Å². The summed E-state index contributed by atoms with van der Waals surface area (Å²) >= 11 is 0. The number of allylic oxidation sites excluding steroid dienone is 2. The molecule has 142 valence electrons. The molecule has 4 heteroatoms. The van der Waals surface area contributed by atoms with E-state index in [0.717, 1.165) is 32.1 Å². The van der Waals surface area contributed by atoms with Gasteiger partial charge in [0.05, 0.1) is 6.61 Å². The first kappa shape index (κ1) is 23.1. The molecule has 24 heavy (non-hydrogen) atoms. The van der Waals surface area contributed by atoms with Crippen LogP contribution in [0.4, 0.5) is 0 Å². The minimum Gasteiger partial charge on any atom is -0.461 e. The summed E-state index contributed by atoms with van der Waals surface area (Å²) in [5.41, 5.74) is 0. The van der Waals surface area contributed by atoms with Crippen molar-refractivity contribution >= 4 is 5.97 Å². The van der Waals surface area contributed by atoms with Crippen molar-refractivity contribution in [2.24, 2.45) is 0 Å². The Bertz CT molecular complexity index is 302. The number of esters is 1. The molecule has 0 aliphatic carbocycles. The molecule has 0 saturated carbocycles. The zero-order chi connectivity index (χ0) is 17.9. The van der Waals surface area contributed by atoms with Crippen LogP contribution in [0.2, 0.25) is 0 Å². The normalized spacial score (nSPS) is 12.6. The van der Waals surface area contributed by atoms with E-state index in [1.165, 1.54) is 44.9 Å². The maximum absolute atomic E-state index is 11.3. The molecule has 0 aromatic rings. The Morgan fingerprint density at radius 2 is 1.46 bits per heavy atom. The number of aliphatic hydroxyl groups excluding tert-OH is 2. The average molecular weight is 343 g/mol. The number of aliphatic hydroxyl groups is 2. The second kappa shape index (κ2) is 18.5. The molecule has 0 spiro atoms. The first-order valence-electron chi connectivity index (χ1n) is 9.83. The standard InChI is InChI=1S/C20H38O4/c1-2-3-4-5-6-7-8-9-10-11-12-13-14-15-16-19(22)20(23)24-18-17-21/h9-10,19,21-22H,2-8,11-18H2,1H3/b10-9+. The Morgan fingerprint density at radius 3 is 2.04 bits per heavy atom. The van der Waals surface area contributed by atoms with Gasteiger partial charge in [-0.15, -0.1) is 0 Å². The topological polar surface area (TPSA) is 66.8 Å². The fourth-order valence-corrected chi connectivity index (χ4v) is 2.59. The summed E-state index contributed by atoms with van der Waals surface area (Å²) in [6.45, 7) is 2.00. The van der Waals surface area contributed by atoms with E-state index in [2.05, 4.69) is 23.8 Å². The molecule has 2 N–H and O–H groups in total. The molecule has 0 aromatic carbocycles. The molecule has 0 amide bonds. The van der Waals surface area contributed by atoms with E-state index in [9.17, 15) is 9.90 Å². The van der Waals surface area contributed by atoms with Gasteiger partial charge in [0.15, 0.2) is 6.10 Å². The van der Waals surface area contributed by atoms with Crippen molar-refractivity contribution in [2.75, 3.05) is 13.2 Å². The molecule has 0 aliphatic rings. The third-order valence-electron chi connectivity index (χ3n) is 4.10. The predicted octanol–water partition coefficient (Wildman–Crippen LogP) is 4.53. The molecule has 0 radical (unpaired) electrons. The molecule has 0 aromatic heterocycles. The van der Waals surface area contributed by atoms with Crippen LogP contribution in [-0.4, -0.2) is 35.5 Å². The van der Waals surface area contributed by atoms with Gasteiger partial charge in [0.2, 0.25) is 0 Å². The van der Waals surface area contributed by atoms with Crippen molar-refractivity contribution < 1.29 is 19.7 Å². The van der Waals surface area contributed by atoms with Gasteiger partial charge in [-0.2, -0.15) is 0 Å². The molecule has 1 unspecified atom stereocenters. The van der Waals surface area contributed by atoms with Gasteiger partial charge in [0, 0.05) is 0 Å². The van der Waals surface area contributed by atoms with Crippen LogP contribution in [0.3, 0.4) is 0 Å². The summed E-state index contributed by atoms with van der Waals surface area (Å²) in [7, 11) is 0. The van der Waals surface area contributed by atoms with E-state index in [1.807, 2.05) is 0 Å². The fraction of sp³-hybridized carbons (Fsp3) is 0.850. The monoisotopic (exact) mass is 342 g/mol. The summed E-state index contributed by atoms with van der Waals surface area (Å²) in [6.07, 6.45) is 18.6. The largest absolute Gasteiger partial charge is 0.461 e. The fourth-order valence-electron chi connectivity index (χ4n) is 2.59.